The van der Waals surface area contributed by atoms with E-state index < -0.39 is 0 Å². The highest BCUT2D eigenvalue weighted by Crippen LogP contribution is 2.35. The van der Waals surface area contributed by atoms with Gasteiger partial charge in [0.25, 0.3) is 0 Å². The molecule has 2 rings (SSSR count). The number of hydrogen-bond acceptors (Lipinski definition) is 1. The molecule has 1 aliphatic carbocycles. The molecule has 90 valence electrons. The average molecular weight is 264 g/mol. The van der Waals surface area contributed by atoms with Crippen LogP contribution in [0.3, 0.4) is 0 Å². The van der Waals surface area contributed by atoms with Gasteiger partial charge in [0.2, 0.25) is 0 Å². The Kier molecular flexibility index (Phi) is 5.03. The van der Waals surface area contributed by atoms with Gasteiger partial charge in [-0.15, -0.1) is 12.4 Å². The van der Waals surface area contributed by atoms with Crippen LogP contribution in [0.15, 0.2) is 18.2 Å². The summed E-state index contributed by atoms with van der Waals surface area (Å²) in [5, 5.41) is 0.426. The lowest BCUT2D eigenvalue weighted by molar-refractivity contribution is 0.429. The van der Waals surface area contributed by atoms with Crippen molar-refractivity contribution in [2.45, 2.75) is 31.7 Å². The number of hydrogen-bond donors (Lipinski definition) is 1. The SMILES string of the molecule is Cl.N[C@@H](c1ccc(Cl)cc1F)C1CCCC1. The van der Waals surface area contributed by atoms with Gasteiger partial charge in [0.05, 0.1) is 0 Å². The Morgan fingerprint density at radius 2 is 1.94 bits per heavy atom. The first-order chi connectivity index (χ1) is 7.18. The van der Waals surface area contributed by atoms with Crippen LogP contribution in [0, 0.1) is 11.7 Å². The third-order valence-corrected chi connectivity index (χ3v) is 3.46. The van der Waals surface area contributed by atoms with Crippen molar-refractivity contribution in [2.75, 3.05) is 0 Å². The normalized spacial score (nSPS) is 18.2. The maximum Gasteiger partial charge on any atom is 0.129 e. The van der Waals surface area contributed by atoms with Crippen molar-refractivity contribution in [3.05, 3.63) is 34.6 Å². The highest BCUT2D eigenvalue weighted by atomic mass is 35.5. The average Bonchev–Trinajstić information content (AvgIpc) is 2.69. The van der Waals surface area contributed by atoms with Gasteiger partial charge in [-0.1, -0.05) is 30.5 Å². The molecule has 2 N–H and O–H groups in total. The third kappa shape index (κ3) is 2.88. The summed E-state index contributed by atoms with van der Waals surface area (Å²) in [6, 6.07) is 4.57. The van der Waals surface area contributed by atoms with Crippen molar-refractivity contribution in [3.63, 3.8) is 0 Å². The highest BCUT2D eigenvalue weighted by molar-refractivity contribution is 6.30. The summed E-state index contributed by atoms with van der Waals surface area (Å²) in [7, 11) is 0. The van der Waals surface area contributed by atoms with Crippen LogP contribution in [-0.2, 0) is 0 Å². The van der Waals surface area contributed by atoms with E-state index in [4.69, 9.17) is 17.3 Å². The van der Waals surface area contributed by atoms with Gasteiger partial charge < -0.3 is 5.73 Å². The van der Waals surface area contributed by atoms with Crippen molar-refractivity contribution >= 4 is 24.0 Å². The molecule has 1 saturated carbocycles. The molecule has 1 aromatic carbocycles. The second-order valence-corrected chi connectivity index (χ2v) is 4.67. The molecule has 0 saturated heterocycles. The molecule has 0 heterocycles. The minimum absolute atomic E-state index is 0. The fraction of sp³-hybridized carbons (Fsp3) is 0.500. The molecule has 1 fully saturated rings. The molecule has 16 heavy (non-hydrogen) atoms. The maximum absolute atomic E-state index is 13.6. The molecule has 0 radical (unpaired) electrons. The fourth-order valence-electron chi connectivity index (χ4n) is 2.34. The topological polar surface area (TPSA) is 26.0 Å². The van der Waals surface area contributed by atoms with E-state index >= 15 is 0 Å². The third-order valence-electron chi connectivity index (χ3n) is 3.23. The van der Waals surface area contributed by atoms with Crippen molar-refractivity contribution in [2.24, 2.45) is 11.7 Å². The van der Waals surface area contributed by atoms with Gasteiger partial charge in [-0.3, -0.25) is 0 Å². The zero-order valence-corrected chi connectivity index (χ0v) is 10.5. The second-order valence-electron chi connectivity index (χ2n) is 4.24. The Hall–Kier alpha value is -0.310. The second kappa shape index (κ2) is 5.85. The molecule has 0 unspecified atom stereocenters. The zero-order chi connectivity index (χ0) is 10.8. The summed E-state index contributed by atoms with van der Waals surface area (Å²) < 4.78 is 13.6. The van der Waals surface area contributed by atoms with Crippen molar-refractivity contribution in [1.82, 2.24) is 0 Å². The Balaban J connectivity index is 0.00000128. The van der Waals surface area contributed by atoms with E-state index in [1.807, 2.05) is 0 Å². The molecular formula is C12H16Cl2FN. The van der Waals surface area contributed by atoms with Crippen LogP contribution >= 0.6 is 24.0 Å². The summed E-state index contributed by atoms with van der Waals surface area (Å²) in [6.45, 7) is 0. The number of nitrogens with two attached hydrogens (primary N) is 1. The first-order valence-corrected chi connectivity index (χ1v) is 5.77. The lowest BCUT2D eigenvalue weighted by Gasteiger charge is -2.19. The van der Waals surface area contributed by atoms with Crippen LogP contribution in [0.25, 0.3) is 0 Å². The van der Waals surface area contributed by atoms with Crippen LogP contribution in [0.1, 0.15) is 37.3 Å². The molecule has 0 amide bonds. The molecule has 0 aromatic heterocycles. The summed E-state index contributed by atoms with van der Waals surface area (Å²) in [4.78, 5) is 0. The van der Waals surface area contributed by atoms with Gasteiger partial charge in [-0.05, 0) is 30.9 Å². The summed E-state index contributed by atoms with van der Waals surface area (Å²) in [5.74, 6) is 0.155. The number of benzene rings is 1. The molecule has 1 aromatic rings. The first-order valence-electron chi connectivity index (χ1n) is 5.39. The Morgan fingerprint density at radius 1 is 1.31 bits per heavy atom. The van der Waals surface area contributed by atoms with Crippen LogP contribution in [0.4, 0.5) is 4.39 Å². The van der Waals surface area contributed by atoms with Gasteiger partial charge >= 0.3 is 0 Å². The Morgan fingerprint density at radius 3 is 2.50 bits per heavy atom. The van der Waals surface area contributed by atoms with Crippen molar-refractivity contribution in [1.29, 1.82) is 0 Å². The molecule has 0 spiro atoms. The van der Waals surface area contributed by atoms with Crippen LogP contribution in [0.2, 0.25) is 5.02 Å². The number of rotatable bonds is 2. The van der Waals surface area contributed by atoms with E-state index in [1.165, 1.54) is 18.9 Å². The van der Waals surface area contributed by atoms with Gasteiger partial charge in [-0.25, -0.2) is 4.39 Å². The van der Waals surface area contributed by atoms with Gasteiger partial charge in [0.15, 0.2) is 0 Å². The highest BCUT2D eigenvalue weighted by Gasteiger charge is 2.25. The van der Waals surface area contributed by atoms with Gasteiger partial charge in [0.1, 0.15) is 5.82 Å². The maximum atomic E-state index is 13.6. The van der Waals surface area contributed by atoms with Crippen LogP contribution in [0.5, 0.6) is 0 Å². The predicted octanol–water partition coefficient (Wildman–Crippen LogP) is 4.09. The van der Waals surface area contributed by atoms with Crippen molar-refractivity contribution in [3.8, 4) is 0 Å². The van der Waals surface area contributed by atoms with Gasteiger partial charge in [-0.2, -0.15) is 0 Å². The summed E-state index contributed by atoms with van der Waals surface area (Å²) >= 11 is 5.70. The molecule has 0 aliphatic heterocycles. The molecule has 1 aliphatic rings. The Labute approximate surface area is 107 Å². The minimum atomic E-state index is -0.276. The molecule has 0 bridgehead atoms. The minimum Gasteiger partial charge on any atom is -0.324 e. The summed E-state index contributed by atoms with van der Waals surface area (Å²) in [5.41, 5.74) is 6.67. The van der Waals surface area contributed by atoms with E-state index in [2.05, 4.69) is 0 Å². The predicted molar refractivity (Wildman–Crippen MR) is 67.5 cm³/mol. The summed E-state index contributed by atoms with van der Waals surface area (Å²) in [6.07, 6.45) is 4.66. The quantitative estimate of drug-likeness (QED) is 0.855. The molecule has 4 heteroatoms. The zero-order valence-electron chi connectivity index (χ0n) is 8.96. The smallest absolute Gasteiger partial charge is 0.129 e. The van der Waals surface area contributed by atoms with E-state index in [0.29, 0.717) is 16.5 Å². The lowest BCUT2D eigenvalue weighted by atomic mass is 9.92. The van der Waals surface area contributed by atoms with Gasteiger partial charge in [0, 0.05) is 16.6 Å². The van der Waals surface area contributed by atoms with E-state index in [1.54, 1.807) is 12.1 Å². The largest absolute Gasteiger partial charge is 0.324 e. The standard InChI is InChI=1S/C12H15ClFN.ClH/c13-9-5-6-10(11(14)7-9)12(15)8-3-1-2-4-8;/h5-8,12H,1-4,15H2;1H/t12-;/m1./s1. The monoisotopic (exact) mass is 263 g/mol. The first kappa shape index (κ1) is 13.8. The number of halogens is 3. The molecular weight excluding hydrogens is 248 g/mol. The van der Waals surface area contributed by atoms with Crippen molar-refractivity contribution < 1.29 is 4.39 Å². The Bertz CT molecular complexity index is 351. The fourth-order valence-corrected chi connectivity index (χ4v) is 2.50. The van der Waals surface area contributed by atoms with E-state index in [9.17, 15) is 4.39 Å². The molecule has 1 nitrogen and oxygen atoms in total. The van der Waals surface area contributed by atoms with E-state index in [0.717, 1.165) is 12.8 Å². The molecule has 1 atom stereocenters. The van der Waals surface area contributed by atoms with Crippen LogP contribution in [-0.4, -0.2) is 0 Å². The van der Waals surface area contributed by atoms with Crippen LogP contribution < -0.4 is 5.73 Å². The van der Waals surface area contributed by atoms with E-state index in [-0.39, 0.29) is 24.3 Å². The lowest BCUT2D eigenvalue weighted by Crippen LogP contribution is -2.20.